The van der Waals surface area contributed by atoms with Gasteiger partial charge < -0.3 is 4.42 Å². The lowest BCUT2D eigenvalue weighted by Gasteiger charge is -1.94. The molecule has 0 aromatic carbocycles. The van der Waals surface area contributed by atoms with E-state index in [1.807, 2.05) is 0 Å². The normalized spacial score (nSPS) is 11.7. The van der Waals surface area contributed by atoms with Gasteiger partial charge in [-0.2, -0.15) is 0 Å². The van der Waals surface area contributed by atoms with Crippen LogP contribution in [0.3, 0.4) is 0 Å². The van der Waals surface area contributed by atoms with E-state index < -0.39 is 10.8 Å². The van der Waals surface area contributed by atoms with E-state index in [1.54, 1.807) is 19.9 Å². The molecule has 21 heavy (non-hydrogen) atoms. The Morgan fingerprint density at radius 3 is 2.48 bits per heavy atom. The van der Waals surface area contributed by atoms with Crippen LogP contribution in [-0.2, 0) is 0 Å². The zero-order chi connectivity index (χ0) is 16.2. The van der Waals surface area contributed by atoms with Gasteiger partial charge in [0.05, 0.1) is 11.0 Å². The van der Waals surface area contributed by atoms with E-state index in [4.69, 9.17) is 4.42 Å². The summed E-state index contributed by atoms with van der Waals surface area (Å²) in [6.07, 6.45) is 3.86. The van der Waals surface area contributed by atoms with Gasteiger partial charge in [0.1, 0.15) is 17.0 Å². The number of hydrogen-bond acceptors (Lipinski definition) is 3. The average Bonchev–Trinajstić information content (AvgIpc) is 2.73. The van der Waals surface area contributed by atoms with Crippen molar-refractivity contribution in [2.75, 3.05) is 0 Å². The number of allylic oxidation sites excluding steroid dienone is 6. The Balaban J connectivity index is 3.29. The van der Waals surface area contributed by atoms with Crippen molar-refractivity contribution >= 4 is 18.2 Å². The Bertz CT molecular complexity index is 762. The number of nitro groups is 1. The maximum atomic E-state index is 12.6. The lowest BCUT2D eigenvalue weighted by atomic mass is 10.2. The van der Waals surface area contributed by atoms with Crippen LogP contribution in [0, 0.1) is 10.1 Å². The van der Waals surface area contributed by atoms with E-state index in [2.05, 4.69) is 19.7 Å². The molecule has 0 unspecified atom stereocenters. The second kappa shape index (κ2) is 6.65. The lowest BCUT2D eigenvalue weighted by Crippen LogP contribution is -2.18. The van der Waals surface area contributed by atoms with Gasteiger partial charge in [-0.15, -0.1) is 0 Å². The highest BCUT2D eigenvalue weighted by Crippen LogP contribution is 2.12. The van der Waals surface area contributed by atoms with Gasteiger partial charge in [0.2, 0.25) is 0 Å². The molecular weight excluding hydrogens is 273 g/mol. The summed E-state index contributed by atoms with van der Waals surface area (Å²) >= 11 is 0. The molecule has 0 N–H and O–H groups in total. The fourth-order valence-electron chi connectivity index (χ4n) is 1.50. The monoisotopic (exact) mass is 289 g/mol. The van der Waals surface area contributed by atoms with E-state index >= 15 is 0 Å². The predicted molar refractivity (Wildman–Crippen MR) is 81.7 cm³/mol. The SMILES string of the molecule is C=C(F)/C=C\C(=C)c1cc(=C)/c(=C\C(=C(C)C)[N+](=O)[O-])o1. The maximum Gasteiger partial charge on any atom is 0.271 e. The molecule has 1 aromatic rings. The van der Waals surface area contributed by atoms with Crippen molar-refractivity contribution < 1.29 is 13.7 Å². The number of halogens is 1. The molecule has 0 fully saturated rings. The summed E-state index contributed by atoms with van der Waals surface area (Å²) in [4.78, 5) is 10.5. The molecule has 0 aliphatic heterocycles. The van der Waals surface area contributed by atoms with Crippen LogP contribution in [0.1, 0.15) is 19.6 Å². The minimum Gasteiger partial charge on any atom is -0.456 e. The number of hydrogen-bond donors (Lipinski definition) is 0. The topological polar surface area (TPSA) is 56.3 Å². The van der Waals surface area contributed by atoms with Gasteiger partial charge in [-0.1, -0.05) is 19.7 Å². The van der Waals surface area contributed by atoms with Crippen LogP contribution in [0.2, 0.25) is 0 Å². The van der Waals surface area contributed by atoms with Crippen molar-refractivity contribution in [2.24, 2.45) is 0 Å². The standard InChI is InChI=1S/C16H16FNO3/c1-10(2)14(18(19)20)9-16-12(4)8-15(21-16)11(3)6-7-13(5)17/h6-9H,3-5H2,1-2H3/b7-6-,16-9+. The highest BCUT2D eigenvalue weighted by atomic mass is 19.1. The Kier molecular flexibility index (Phi) is 5.18. The first kappa shape index (κ1) is 16.4. The van der Waals surface area contributed by atoms with Gasteiger partial charge in [-0.3, -0.25) is 10.1 Å². The summed E-state index contributed by atoms with van der Waals surface area (Å²) < 4.78 is 18.0. The molecule has 1 rings (SSSR count). The Morgan fingerprint density at radius 1 is 1.38 bits per heavy atom. The van der Waals surface area contributed by atoms with Gasteiger partial charge in [0.25, 0.3) is 5.70 Å². The van der Waals surface area contributed by atoms with Crippen molar-refractivity contribution in [3.8, 4) is 0 Å². The quantitative estimate of drug-likeness (QED) is 0.475. The van der Waals surface area contributed by atoms with E-state index in [-0.39, 0.29) is 11.1 Å². The highest BCUT2D eigenvalue weighted by Gasteiger charge is 2.10. The second-order valence-electron chi connectivity index (χ2n) is 4.59. The smallest absolute Gasteiger partial charge is 0.271 e. The second-order valence-corrected chi connectivity index (χ2v) is 4.59. The van der Waals surface area contributed by atoms with Gasteiger partial charge in [-0.25, -0.2) is 4.39 Å². The van der Waals surface area contributed by atoms with Crippen molar-refractivity contribution in [3.63, 3.8) is 0 Å². The lowest BCUT2D eigenvalue weighted by molar-refractivity contribution is -0.417. The van der Waals surface area contributed by atoms with E-state index in [9.17, 15) is 14.5 Å². The molecule has 0 radical (unpaired) electrons. The van der Waals surface area contributed by atoms with Gasteiger partial charge in [0.15, 0.2) is 0 Å². The van der Waals surface area contributed by atoms with Crippen LogP contribution in [0.15, 0.2) is 52.9 Å². The third kappa shape index (κ3) is 4.42. The van der Waals surface area contributed by atoms with Crippen LogP contribution in [0.4, 0.5) is 4.39 Å². The van der Waals surface area contributed by atoms with Crippen LogP contribution < -0.4 is 10.6 Å². The molecule has 0 saturated heterocycles. The fourth-order valence-corrected chi connectivity index (χ4v) is 1.50. The summed E-state index contributed by atoms with van der Waals surface area (Å²) in [7, 11) is 0. The first-order valence-electron chi connectivity index (χ1n) is 6.06. The fraction of sp³-hybridized carbons (Fsp3) is 0.125. The molecule has 0 amide bonds. The summed E-state index contributed by atoms with van der Waals surface area (Å²) in [6.45, 7) is 13.9. The summed E-state index contributed by atoms with van der Waals surface area (Å²) in [5, 5.41) is 11.4. The molecule has 0 bridgehead atoms. The first-order chi connectivity index (χ1) is 9.72. The third-order valence-corrected chi connectivity index (χ3v) is 2.60. The molecular formula is C16H16FNO3. The number of furan rings is 1. The molecule has 1 aromatic heterocycles. The Hall–Kier alpha value is -2.69. The predicted octanol–water partition coefficient (Wildman–Crippen LogP) is 3.09. The molecule has 1 heterocycles. The van der Waals surface area contributed by atoms with E-state index in [0.717, 1.165) is 6.08 Å². The molecule has 4 nitrogen and oxygen atoms in total. The minimum atomic E-state index is -0.607. The largest absolute Gasteiger partial charge is 0.456 e. The molecule has 0 aliphatic carbocycles. The van der Waals surface area contributed by atoms with E-state index in [1.165, 1.54) is 12.2 Å². The maximum absolute atomic E-state index is 12.6. The van der Waals surface area contributed by atoms with Crippen molar-refractivity contribution in [3.05, 3.63) is 75.0 Å². The summed E-state index contributed by atoms with van der Waals surface area (Å²) in [5.41, 5.74) is 1.17. The van der Waals surface area contributed by atoms with Crippen LogP contribution in [0.25, 0.3) is 18.2 Å². The average molecular weight is 289 g/mol. The minimum absolute atomic E-state index is 0.0564. The molecule has 0 saturated carbocycles. The zero-order valence-corrected chi connectivity index (χ0v) is 12.0. The van der Waals surface area contributed by atoms with Crippen LogP contribution in [-0.4, -0.2) is 4.92 Å². The number of nitrogens with zero attached hydrogens (tertiary/aromatic N) is 1. The van der Waals surface area contributed by atoms with Crippen LogP contribution >= 0.6 is 0 Å². The van der Waals surface area contributed by atoms with E-state index in [0.29, 0.717) is 22.1 Å². The molecule has 0 atom stereocenters. The van der Waals surface area contributed by atoms with Crippen molar-refractivity contribution in [1.82, 2.24) is 0 Å². The molecule has 110 valence electrons. The molecule has 0 spiro atoms. The van der Waals surface area contributed by atoms with Crippen LogP contribution in [0.5, 0.6) is 0 Å². The highest BCUT2D eigenvalue weighted by molar-refractivity contribution is 5.69. The third-order valence-electron chi connectivity index (χ3n) is 2.60. The Labute approximate surface area is 121 Å². The van der Waals surface area contributed by atoms with Gasteiger partial charge in [-0.05, 0) is 32.1 Å². The molecule has 0 aliphatic rings. The Morgan fingerprint density at radius 2 is 2.00 bits per heavy atom. The number of rotatable bonds is 5. The first-order valence-corrected chi connectivity index (χ1v) is 6.06. The van der Waals surface area contributed by atoms with Crippen molar-refractivity contribution in [1.29, 1.82) is 0 Å². The summed E-state index contributed by atoms with van der Waals surface area (Å²) in [5.74, 6) is -0.246. The van der Waals surface area contributed by atoms with Crippen molar-refractivity contribution in [2.45, 2.75) is 13.8 Å². The molecule has 5 heteroatoms. The zero-order valence-electron chi connectivity index (χ0n) is 12.0. The van der Waals surface area contributed by atoms with Gasteiger partial charge in [0, 0.05) is 16.4 Å². The summed E-state index contributed by atoms with van der Waals surface area (Å²) in [6, 6.07) is 1.59. The van der Waals surface area contributed by atoms with Gasteiger partial charge >= 0.3 is 0 Å².